The van der Waals surface area contributed by atoms with Crippen molar-refractivity contribution in [2.24, 2.45) is 0 Å². The highest BCUT2D eigenvalue weighted by Crippen LogP contribution is 2.09. The summed E-state index contributed by atoms with van der Waals surface area (Å²) in [4.78, 5) is 22.7. The first-order valence-corrected chi connectivity index (χ1v) is 5.73. The molecule has 1 heterocycles. The third-order valence-corrected chi connectivity index (χ3v) is 2.63. The number of nitrogens with zero attached hydrogens (tertiary/aromatic N) is 1. The van der Waals surface area contributed by atoms with Crippen molar-refractivity contribution in [3.8, 4) is 0 Å². The number of aromatic nitrogens is 2. The Hall–Kier alpha value is -2.63. The molecule has 1 aromatic heterocycles. The second-order valence-electron chi connectivity index (χ2n) is 4.00. The molecule has 3 N–H and O–H groups in total. The van der Waals surface area contributed by atoms with Gasteiger partial charge in [0, 0.05) is 6.20 Å². The van der Waals surface area contributed by atoms with E-state index in [4.69, 9.17) is 5.11 Å². The van der Waals surface area contributed by atoms with E-state index in [1.807, 2.05) is 0 Å². The molecule has 0 spiro atoms. The van der Waals surface area contributed by atoms with Crippen LogP contribution in [-0.4, -0.2) is 27.2 Å². The molecule has 0 aliphatic heterocycles. The highest BCUT2D eigenvalue weighted by atomic mass is 16.4. The van der Waals surface area contributed by atoms with Crippen molar-refractivity contribution in [1.82, 2.24) is 15.5 Å². The average molecular weight is 259 g/mol. The molecule has 0 aliphatic carbocycles. The summed E-state index contributed by atoms with van der Waals surface area (Å²) in [5.74, 6) is -1.26. The van der Waals surface area contributed by atoms with E-state index in [9.17, 15) is 9.59 Å². The molecule has 6 nitrogen and oxygen atoms in total. The molecule has 6 heteroatoms. The molecule has 0 radical (unpaired) electrons. The molecule has 1 amide bonds. The fourth-order valence-corrected chi connectivity index (χ4v) is 1.70. The first-order chi connectivity index (χ1) is 9.16. The van der Waals surface area contributed by atoms with Gasteiger partial charge in [0.15, 0.2) is 0 Å². The first-order valence-electron chi connectivity index (χ1n) is 5.73. The Bertz CT molecular complexity index is 579. The number of carboxylic acids is 1. The summed E-state index contributed by atoms with van der Waals surface area (Å²) in [6.07, 6.45) is 1.64. The number of carbonyl (C=O) groups excluding carboxylic acids is 1. The smallest absolute Gasteiger partial charge is 0.335 e. The second-order valence-corrected chi connectivity index (χ2v) is 4.00. The minimum absolute atomic E-state index is 0.0383. The minimum Gasteiger partial charge on any atom is -0.478 e. The van der Waals surface area contributed by atoms with Crippen LogP contribution in [-0.2, 0) is 17.8 Å². The van der Waals surface area contributed by atoms with Gasteiger partial charge < -0.3 is 10.4 Å². The van der Waals surface area contributed by atoms with E-state index in [0.717, 1.165) is 5.69 Å². The van der Waals surface area contributed by atoms with Crippen LogP contribution in [0.25, 0.3) is 0 Å². The number of nitrogens with one attached hydrogen (secondary N) is 2. The summed E-state index contributed by atoms with van der Waals surface area (Å²) in [6.45, 7) is 0.341. The van der Waals surface area contributed by atoms with Crippen LogP contribution in [0.2, 0.25) is 0 Å². The maximum absolute atomic E-state index is 11.7. The molecule has 2 aromatic rings. The lowest BCUT2D eigenvalue weighted by atomic mass is 10.0. The standard InChI is InChI=1S/C13H13N3O3/c17-12(14-8-10-5-6-15-16-10)7-9-3-1-2-4-11(9)13(18)19/h1-6H,7-8H2,(H,14,17)(H,15,16)(H,18,19). The molecular weight excluding hydrogens is 246 g/mol. The van der Waals surface area contributed by atoms with Crippen LogP contribution in [0.15, 0.2) is 36.5 Å². The third-order valence-electron chi connectivity index (χ3n) is 2.63. The molecule has 0 atom stereocenters. The van der Waals surface area contributed by atoms with Gasteiger partial charge in [-0.25, -0.2) is 4.79 Å². The van der Waals surface area contributed by atoms with Gasteiger partial charge in [-0.1, -0.05) is 18.2 Å². The zero-order chi connectivity index (χ0) is 13.7. The van der Waals surface area contributed by atoms with E-state index in [-0.39, 0.29) is 17.9 Å². The number of amides is 1. The van der Waals surface area contributed by atoms with E-state index in [0.29, 0.717) is 12.1 Å². The number of aromatic carboxylic acids is 1. The van der Waals surface area contributed by atoms with Crippen LogP contribution < -0.4 is 5.32 Å². The van der Waals surface area contributed by atoms with E-state index >= 15 is 0 Å². The summed E-state index contributed by atoms with van der Waals surface area (Å²) in [7, 11) is 0. The Morgan fingerprint density at radius 1 is 1.26 bits per heavy atom. The largest absolute Gasteiger partial charge is 0.478 e. The molecule has 0 unspecified atom stereocenters. The van der Waals surface area contributed by atoms with Gasteiger partial charge in [0.05, 0.1) is 24.2 Å². The Morgan fingerprint density at radius 2 is 2.05 bits per heavy atom. The van der Waals surface area contributed by atoms with Crippen LogP contribution in [0.3, 0.4) is 0 Å². The van der Waals surface area contributed by atoms with Crippen molar-refractivity contribution in [2.45, 2.75) is 13.0 Å². The van der Waals surface area contributed by atoms with Crippen molar-refractivity contribution >= 4 is 11.9 Å². The quantitative estimate of drug-likeness (QED) is 0.745. The topological polar surface area (TPSA) is 95.1 Å². The van der Waals surface area contributed by atoms with Crippen molar-refractivity contribution in [2.75, 3.05) is 0 Å². The number of carboxylic acid groups (broad SMARTS) is 1. The molecule has 0 bridgehead atoms. The molecule has 0 saturated heterocycles. The number of H-pyrrole nitrogens is 1. The van der Waals surface area contributed by atoms with Crippen LogP contribution in [0.1, 0.15) is 21.6 Å². The van der Waals surface area contributed by atoms with Crippen molar-refractivity contribution < 1.29 is 14.7 Å². The Labute approximate surface area is 109 Å². The number of hydrogen-bond acceptors (Lipinski definition) is 3. The first kappa shape index (κ1) is 12.8. The third kappa shape index (κ3) is 3.41. The monoisotopic (exact) mass is 259 g/mol. The van der Waals surface area contributed by atoms with E-state index in [2.05, 4.69) is 15.5 Å². The van der Waals surface area contributed by atoms with Crippen molar-refractivity contribution in [3.63, 3.8) is 0 Å². The van der Waals surface area contributed by atoms with Crippen LogP contribution in [0, 0.1) is 0 Å². The molecule has 0 fully saturated rings. The van der Waals surface area contributed by atoms with Gasteiger partial charge in [-0.15, -0.1) is 0 Å². The highest BCUT2D eigenvalue weighted by Gasteiger charge is 2.12. The van der Waals surface area contributed by atoms with E-state index < -0.39 is 5.97 Å². The molecular formula is C13H13N3O3. The molecule has 19 heavy (non-hydrogen) atoms. The van der Waals surface area contributed by atoms with Crippen LogP contribution in [0.5, 0.6) is 0 Å². The number of aromatic amines is 1. The van der Waals surface area contributed by atoms with Gasteiger partial charge in [0.2, 0.25) is 5.91 Å². The molecule has 0 saturated carbocycles. The zero-order valence-corrected chi connectivity index (χ0v) is 10.1. The number of hydrogen-bond donors (Lipinski definition) is 3. The lowest BCUT2D eigenvalue weighted by molar-refractivity contribution is -0.120. The van der Waals surface area contributed by atoms with Gasteiger partial charge in [0.1, 0.15) is 0 Å². The summed E-state index contributed by atoms with van der Waals surface area (Å²) in [6, 6.07) is 8.23. The number of benzene rings is 1. The number of carbonyl (C=O) groups is 2. The lowest BCUT2D eigenvalue weighted by Gasteiger charge is -2.06. The molecule has 98 valence electrons. The predicted molar refractivity (Wildman–Crippen MR) is 67.5 cm³/mol. The molecule has 0 aliphatic rings. The predicted octanol–water partition coefficient (Wildman–Crippen LogP) is 0.967. The molecule has 2 rings (SSSR count). The van der Waals surface area contributed by atoms with Crippen LogP contribution in [0.4, 0.5) is 0 Å². The normalized spacial score (nSPS) is 10.1. The van der Waals surface area contributed by atoms with Gasteiger partial charge in [-0.3, -0.25) is 9.89 Å². The SMILES string of the molecule is O=C(Cc1ccccc1C(=O)O)NCc1ccn[nH]1. The Balaban J connectivity index is 1.97. The molecule has 1 aromatic carbocycles. The Morgan fingerprint density at radius 3 is 2.74 bits per heavy atom. The summed E-state index contributed by atoms with van der Waals surface area (Å²) < 4.78 is 0. The van der Waals surface area contributed by atoms with E-state index in [1.165, 1.54) is 6.07 Å². The summed E-state index contributed by atoms with van der Waals surface area (Å²) >= 11 is 0. The number of rotatable bonds is 5. The fraction of sp³-hybridized carbons (Fsp3) is 0.154. The maximum Gasteiger partial charge on any atom is 0.335 e. The van der Waals surface area contributed by atoms with Gasteiger partial charge in [-0.05, 0) is 17.7 Å². The summed E-state index contributed by atoms with van der Waals surface area (Å²) in [5.41, 5.74) is 1.44. The zero-order valence-electron chi connectivity index (χ0n) is 10.1. The van der Waals surface area contributed by atoms with Gasteiger partial charge in [-0.2, -0.15) is 5.10 Å². The van der Waals surface area contributed by atoms with Crippen molar-refractivity contribution in [3.05, 3.63) is 53.3 Å². The Kier molecular flexibility index (Phi) is 3.92. The fourth-order valence-electron chi connectivity index (χ4n) is 1.70. The van der Waals surface area contributed by atoms with E-state index in [1.54, 1.807) is 30.5 Å². The van der Waals surface area contributed by atoms with Gasteiger partial charge in [0.25, 0.3) is 0 Å². The average Bonchev–Trinajstić information content (AvgIpc) is 2.90. The second kappa shape index (κ2) is 5.81. The lowest BCUT2D eigenvalue weighted by Crippen LogP contribution is -2.25. The highest BCUT2D eigenvalue weighted by molar-refractivity contribution is 5.91. The van der Waals surface area contributed by atoms with Crippen LogP contribution >= 0.6 is 0 Å². The minimum atomic E-state index is -1.03. The maximum atomic E-state index is 11.7. The van der Waals surface area contributed by atoms with Gasteiger partial charge >= 0.3 is 5.97 Å². The summed E-state index contributed by atoms with van der Waals surface area (Å²) in [5, 5.41) is 18.2. The van der Waals surface area contributed by atoms with Crippen molar-refractivity contribution in [1.29, 1.82) is 0 Å².